The molecule has 1 aliphatic rings. The lowest BCUT2D eigenvalue weighted by atomic mass is 10.7. The smallest absolute Gasteiger partial charge is 0.293 e. The van der Waals surface area contributed by atoms with E-state index >= 15 is 0 Å². The van der Waals surface area contributed by atoms with E-state index in [1.165, 1.54) is 14.2 Å². The van der Waals surface area contributed by atoms with Crippen LogP contribution in [0.1, 0.15) is 0 Å². The summed E-state index contributed by atoms with van der Waals surface area (Å²) in [4.78, 5) is 0. The number of nitrogens with zero attached hydrogens (tertiary/aromatic N) is 1. The van der Waals surface area contributed by atoms with Crippen LogP contribution in [0.3, 0.4) is 0 Å². The van der Waals surface area contributed by atoms with Crippen LogP contribution in [0, 0.1) is 5.41 Å². The van der Waals surface area contributed by atoms with Gasteiger partial charge >= 0.3 is 0 Å². The fourth-order valence-electron chi connectivity index (χ4n) is 0.910. The molecule has 0 unspecified atom stereocenters. The summed E-state index contributed by atoms with van der Waals surface area (Å²) in [6.07, 6.45) is 0. The molecule has 0 bridgehead atoms. The molecule has 0 radical (unpaired) electrons. The topological polar surface area (TPSA) is 54.8 Å². The summed E-state index contributed by atoms with van der Waals surface area (Å²) in [7, 11) is 2.96. The first-order chi connectivity index (χ1) is 5.64. The lowest BCUT2D eigenvalue weighted by molar-refractivity contribution is 0.301. The van der Waals surface area contributed by atoms with Gasteiger partial charge in [0.2, 0.25) is 0 Å². The second-order valence-electron chi connectivity index (χ2n) is 2.11. The number of hydrogen-bond donors (Lipinski definition) is 1. The van der Waals surface area contributed by atoms with Gasteiger partial charge in [-0.1, -0.05) is 0 Å². The Morgan fingerprint density at radius 2 is 2.17 bits per heavy atom. The van der Waals surface area contributed by atoms with Crippen molar-refractivity contribution in [2.24, 2.45) is 0 Å². The van der Waals surface area contributed by atoms with Gasteiger partial charge in [0.1, 0.15) is 6.61 Å². The number of nitrogens with one attached hydrogen (secondary N) is 1. The summed E-state index contributed by atoms with van der Waals surface area (Å²) in [5, 5.41) is 7.37. The highest BCUT2D eigenvalue weighted by Crippen LogP contribution is 2.51. The molecule has 0 amide bonds. The first-order valence-corrected chi connectivity index (χ1v) is 5.94. The SMILES string of the molecule is COP(=S)(OC)N1CCOC1=N. The van der Waals surface area contributed by atoms with Crippen molar-refractivity contribution in [3.63, 3.8) is 0 Å². The monoisotopic (exact) mass is 210 g/mol. The molecular formula is C5H11N2O3PS. The fraction of sp³-hybridized carbons (Fsp3) is 0.800. The van der Waals surface area contributed by atoms with Gasteiger partial charge in [0, 0.05) is 14.2 Å². The molecular weight excluding hydrogens is 199 g/mol. The Morgan fingerprint density at radius 1 is 1.58 bits per heavy atom. The standard InChI is InChI=1S/C5H11N2O3PS/c1-8-11(12,9-2)7-3-4-10-5(7)6/h6H,3-4H2,1-2H3. The predicted molar refractivity (Wildman–Crippen MR) is 48.7 cm³/mol. The Labute approximate surface area is 76.3 Å². The predicted octanol–water partition coefficient (Wildman–Crippen LogP) is 0.771. The molecule has 0 aromatic rings. The molecule has 0 saturated carbocycles. The van der Waals surface area contributed by atoms with Crippen molar-refractivity contribution in [1.29, 1.82) is 5.41 Å². The molecule has 0 aliphatic carbocycles. The summed E-state index contributed by atoms with van der Waals surface area (Å²) in [6, 6.07) is 0.0435. The highest BCUT2D eigenvalue weighted by molar-refractivity contribution is 8.09. The quantitative estimate of drug-likeness (QED) is 0.697. The van der Waals surface area contributed by atoms with Crippen LogP contribution in [-0.4, -0.2) is 38.1 Å². The van der Waals surface area contributed by atoms with E-state index in [0.717, 1.165) is 0 Å². The molecule has 12 heavy (non-hydrogen) atoms. The minimum atomic E-state index is -2.47. The molecule has 1 fully saturated rings. The highest BCUT2D eigenvalue weighted by Gasteiger charge is 2.33. The van der Waals surface area contributed by atoms with Crippen molar-refractivity contribution >= 4 is 24.5 Å². The van der Waals surface area contributed by atoms with Crippen molar-refractivity contribution in [3.05, 3.63) is 0 Å². The molecule has 70 valence electrons. The number of ether oxygens (including phenoxy) is 1. The summed E-state index contributed by atoms with van der Waals surface area (Å²) in [5.74, 6) is 0. The lowest BCUT2D eigenvalue weighted by Gasteiger charge is -2.26. The van der Waals surface area contributed by atoms with Gasteiger partial charge in [-0.25, -0.2) is 0 Å². The van der Waals surface area contributed by atoms with Crippen LogP contribution >= 0.6 is 6.64 Å². The Morgan fingerprint density at radius 3 is 2.50 bits per heavy atom. The van der Waals surface area contributed by atoms with Crippen molar-refractivity contribution in [3.8, 4) is 0 Å². The van der Waals surface area contributed by atoms with Crippen molar-refractivity contribution in [2.75, 3.05) is 27.4 Å². The van der Waals surface area contributed by atoms with E-state index in [1.54, 1.807) is 4.67 Å². The zero-order valence-electron chi connectivity index (χ0n) is 6.94. The van der Waals surface area contributed by atoms with E-state index in [9.17, 15) is 0 Å². The molecule has 1 aliphatic heterocycles. The lowest BCUT2D eigenvalue weighted by Crippen LogP contribution is -2.22. The van der Waals surface area contributed by atoms with Gasteiger partial charge in [0.15, 0.2) is 0 Å². The van der Waals surface area contributed by atoms with Crippen LogP contribution in [-0.2, 0) is 25.6 Å². The van der Waals surface area contributed by atoms with E-state index in [1.807, 2.05) is 0 Å². The van der Waals surface area contributed by atoms with Gasteiger partial charge in [-0.3, -0.25) is 10.1 Å². The molecule has 0 aromatic carbocycles. The van der Waals surface area contributed by atoms with Crippen LogP contribution in [0.4, 0.5) is 0 Å². The van der Waals surface area contributed by atoms with E-state index < -0.39 is 6.64 Å². The van der Waals surface area contributed by atoms with Gasteiger partial charge in [0.25, 0.3) is 12.7 Å². The third-order valence-electron chi connectivity index (χ3n) is 1.53. The maximum atomic E-state index is 7.37. The molecule has 1 N–H and O–H groups in total. The molecule has 0 atom stereocenters. The van der Waals surface area contributed by atoms with E-state index in [0.29, 0.717) is 13.2 Å². The second kappa shape index (κ2) is 3.70. The average molecular weight is 210 g/mol. The average Bonchev–Trinajstić information content (AvgIpc) is 2.51. The fourth-order valence-corrected chi connectivity index (χ4v) is 2.53. The van der Waals surface area contributed by atoms with Crippen LogP contribution in [0.5, 0.6) is 0 Å². The zero-order valence-corrected chi connectivity index (χ0v) is 8.65. The molecule has 0 spiro atoms. The highest BCUT2D eigenvalue weighted by atomic mass is 32.5. The van der Waals surface area contributed by atoms with Crippen molar-refractivity contribution in [1.82, 2.24) is 4.67 Å². The third-order valence-corrected chi connectivity index (χ3v) is 4.92. The summed E-state index contributed by atoms with van der Waals surface area (Å²) in [5.41, 5.74) is 0. The maximum absolute atomic E-state index is 7.37. The Bertz CT molecular complexity index is 227. The number of rotatable bonds is 3. The second-order valence-corrected chi connectivity index (χ2v) is 5.65. The van der Waals surface area contributed by atoms with E-state index in [2.05, 4.69) is 0 Å². The third kappa shape index (κ3) is 1.61. The molecule has 0 aromatic heterocycles. The molecule has 1 heterocycles. The zero-order chi connectivity index (χ0) is 9.19. The Hall–Kier alpha value is -0.160. The largest absolute Gasteiger partial charge is 0.463 e. The summed E-state index contributed by atoms with van der Waals surface area (Å²) in [6.45, 7) is -1.42. The molecule has 5 nitrogen and oxygen atoms in total. The van der Waals surface area contributed by atoms with E-state index in [-0.39, 0.29) is 6.02 Å². The van der Waals surface area contributed by atoms with Gasteiger partial charge in [-0.15, -0.1) is 0 Å². The number of amidine groups is 1. The summed E-state index contributed by atoms with van der Waals surface area (Å²) >= 11 is 5.11. The molecule has 1 rings (SSSR count). The minimum absolute atomic E-state index is 0.0435. The first-order valence-electron chi connectivity index (χ1n) is 3.35. The van der Waals surface area contributed by atoms with Gasteiger partial charge in [-0.05, 0) is 11.8 Å². The normalized spacial score (nSPS) is 18.2. The van der Waals surface area contributed by atoms with Crippen molar-refractivity contribution in [2.45, 2.75) is 0 Å². The van der Waals surface area contributed by atoms with Crippen LogP contribution < -0.4 is 0 Å². The van der Waals surface area contributed by atoms with Crippen LogP contribution in [0.15, 0.2) is 0 Å². The molecule has 1 saturated heterocycles. The van der Waals surface area contributed by atoms with Gasteiger partial charge in [0.05, 0.1) is 6.54 Å². The Balaban J connectivity index is 2.79. The van der Waals surface area contributed by atoms with Gasteiger partial charge < -0.3 is 13.8 Å². The first kappa shape index (κ1) is 9.92. The maximum Gasteiger partial charge on any atom is 0.293 e. The van der Waals surface area contributed by atoms with Crippen LogP contribution in [0.25, 0.3) is 0 Å². The minimum Gasteiger partial charge on any atom is -0.463 e. The van der Waals surface area contributed by atoms with Crippen molar-refractivity contribution < 1.29 is 13.8 Å². The van der Waals surface area contributed by atoms with E-state index in [4.69, 9.17) is 31.0 Å². The number of hydrogen-bond acceptors (Lipinski definition) is 5. The van der Waals surface area contributed by atoms with Gasteiger partial charge in [-0.2, -0.15) is 0 Å². The summed E-state index contributed by atoms with van der Waals surface area (Å²) < 4.78 is 16.6. The van der Waals surface area contributed by atoms with Crippen LogP contribution in [0.2, 0.25) is 0 Å². The molecule has 7 heteroatoms. The Kier molecular flexibility index (Phi) is 3.06.